The number of hydrogen-bond acceptors (Lipinski definition) is 4. The number of methoxy groups -OCH3 is 1. The fourth-order valence-electron chi connectivity index (χ4n) is 3.37. The molecule has 1 aliphatic rings. The van der Waals surface area contributed by atoms with E-state index in [0.29, 0.717) is 30.2 Å². The Balaban J connectivity index is 1.84. The Morgan fingerprint density at radius 3 is 2.65 bits per heavy atom. The fraction of sp³-hybridized carbons (Fsp3) is 0.632. The number of sulfonamides is 1. The summed E-state index contributed by atoms with van der Waals surface area (Å²) in [5.41, 5.74) is 0.550. The number of nitrogens with one attached hydrogen (secondary N) is 1. The second kappa shape index (κ2) is 9.80. The highest BCUT2D eigenvalue weighted by Crippen LogP contribution is 2.24. The maximum atomic E-state index is 12.1. The van der Waals surface area contributed by atoms with Gasteiger partial charge in [0.1, 0.15) is 5.75 Å². The average Bonchev–Trinajstić information content (AvgIpc) is 2.63. The van der Waals surface area contributed by atoms with E-state index in [1.165, 1.54) is 42.7 Å². The number of rotatable bonds is 9. The van der Waals surface area contributed by atoms with E-state index < -0.39 is 10.0 Å². The minimum Gasteiger partial charge on any atom is -0.497 e. The third-order valence-corrected chi connectivity index (χ3v) is 6.01. The van der Waals surface area contributed by atoms with Crippen LogP contribution in [0.1, 0.15) is 44.9 Å². The second-order valence-corrected chi connectivity index (χ2v) is 8.86. The van der Waals surface area contributed by atoms with Crippen LogP contribution in [-0.4, -0.2) is 40.8 Å². The normalized spacial score (nSPS) is 15.5. The molecule has 1 aromatic rings. The van der Waals surface area contributed by atoms with Crippen molar-refractivity contribution in [3.05, 3.63) is 24.3 Å². The van der Waals surface area contributed by atoms with E-state index in [1.54, 1.807) is 31.4 Å². The average molecular weight is 383 g/mol. The molecule has 0 spiro atoms. The van der Waals surface area contributed by atoms with Crippen LogP contribution in [0.5, 0.6) is 5.75 Å². The predicted octanol–water partition coefficient (Wildman–Crippen LogP) is 2.94. The Morgan fingerprint density at radius 2 is 2.00 bits per heavy atom. The molecule has 0 unspecified atom stereocenters. The number of amides is 1. The molecular formula is C19H30N2O4S. The molecule has 6 nitrogen and oxygen atoms in total. The van der Waals surface area contributed by atoms with Crippen LogP contribution >= 0.6 is 0 Å². The maximum absolute atomic E-state index is 12.1. The lowest BCUT2D eigenvalue weighted by molar-refractivity contribution is -0.121. The minimum atomic E-state index is -3.42. The molecule has 2 rings (SSSR count). The Morgan fingerprint density at radius 1 is 1.27 bits per heavy atom. The number of carbonyl (C=O) groups is 1. The molecule has 0 bridgehead atoms. The zero-order valence-corrected chi connectivity index (χ0v) is 16.6. The zero-order valence-electron chi connectivity index (χ0n) is 15.7. The van der Waals surface area contributed by atoms with E-state index in [9.17, 15) is 13.2 Å². The van der Waals surface area contributed by atoms with Gasteiger partial charge >= 0.3 is 0 Å². The highest BCUT2D eigenvalue weighted by molar-refractivity contribution is 7.92. The molecule has 7 heteroatoms. The molecule has 1 amide bonds. The van der Waals surface area contributed by atoms with E-state index in [4.69, 9.17) is 4.74 Å². The lowest BCUT2D eigenvalue weighted by Gasteiger charge is -2.23. The molecule has 26 heavy (non-hydrogen) atoms. The summed E-state index contributed by atoms with van der Waals surface area (Å²) in [7, 11) is -1.88. The minimum absolute atomic E-state index is 0.00494. The van der Waals surface area contributed by atoms with Gasteiger partial charge in [0.15, 0.2) is 0 Å². The van der Waals surface area contributed by atoms with Crippen molar-refractivity contribution in [2.24, 2.45) is 5.92 Å². The molecular weight excluding hydrogens is 352 g/mol. The van der Waals surface area contributed by atoms with Crippen molar-refractivity contribution in [2.75, 3.05) is 30.8 Å². The Bertz CT molecular complexity index is 685. The quantitative estimate of drug-likeness (QED) is 0.712. The molecule has 0 aliphatic heterocycles. The number of ether oxygens (including phenoxy) is 1. The van der Waals surface area contributed by atoms with Crippen LogP contribution in [0, 0.1) is 5.92 Å². The maximum Gasteiger partial charge on any atom is 0.232 e. The molecule has 1 N–H and O–H groups in total. The number of benzene rings is 1. The van der Waals surface area contributed by atoms with Crippen molar-refractivity contribution in [2.45, 2.75) is 44.9 Å². The third kappa shape index (κ3) is 6.52. The number of hydrogen-bond donors (Lipinski definition) is 1. The summed E-state index contributed by atoms with van der Waals surface area (Å²) in [5, 5.41) is 3.00. The number of anilines is 1. The molecule has 1 aliphatic carbocycles. The van der Waals surface area contributed by atoms with E-state index in [0.717, 1.165) is 6.54 Å². The van der Waals surface area contributed by atoms with Gasteiger partial charge in [-0.15, -0.1) is 0 Å². The van der Waals surface area contributed by atoms with Crippen LogP contribution in [0.25, 0.3) is 0 Å². The smallest absolute Gasteiger partial charge is 0.232 e. The fourth-order valence-corrected chi connectivity index (χ4v) is 4.33. The van der Waals surface area contributed by atoms with E-state index in [-0.39, 0.29) is 12.5 Å². The molecule has 0 aromatic heterocycles. The van der Waals surface area contributed by atoms with E-state index >= 15 is 0 Å². The van der Waals surface area contributed by atoms with Gasteiger partial charge in [0.05, 0.1) is 19.1 Å². The van der Waals surface area contributed by atoms with Crippen LogP contribution in [0.4, 0.5) is 5.69 Å². The summed E-state index contributed by atoms with van der Waals surface area (Å²) in [4.78, 5) is 12.1. The second-order valence-electron chi connectivity index (χ2n) is 6.95. The van der Waals surface area contributed by atoms with Gasteiger partial charge in [-0.05, 0) is 37.3 Å². The van der Waals surface area contributed by atoms with Gasteiger partial charge in [-0.1, -0.05) is 25.3 Å². The van der Waals surface area contributed by atoms with Gasteiger partial charge in [0, 0.05) is 25.6 Å². The predicted molar refractivity (Wildman–Crippen MR) is 104 cm³/mol. The van der Waals surface area contributed by atoms with Crippen LogP contribution < -0.4 is 14.4 Å². The van der Waals surface area contributed by atoms with E-state index in [1.807, 2.05) is 0 Å². The number of nitrogens with zero attached hydrogens (tertiary/aromatic N) is 1. The summed E-state index contributed by atoms with van der Waals surface area (Å²) in [6.45, 7) is 1.01. The summed E-state index contributed by atoms with van der Waals surface area (Å²) in [6, 6.07) is 6.93. The van der Waals surface area contributed by atoms with Crippen LogP contribution in [-0.2, 0) is 14.8 Å². The van der Waals surface area contributed by atoms with Gasteiger partial charge in [-0.2, -0.15) is 0 Å². The molecule has 1 aromatic carbocycles. The molecule has 0 saturated heterocycles. The molecule has 0 heterocycles. The zero-order chi connectivity index (χ0) is 19.0. The monoisotopic (exact) mass is 382 g/mol. The highest BCUT2D eigenvalue weighted by Gasteiger charge is 2.19. The van der Waals surface area contributed by atoms with Crippen molar-refractivity contribution in [1.82, 2.24) is 5.32 Å². The Labute approximate surface area is 157 Å². The molecule has 1 saturated carbocycles. The Hall–Kier alpha value is -1.76. The molecule has 0 atom stereocenters. The van der Waals surface area contributed by atoms with Crippen LogP contribution in [0.15, 0.2) is 24.3 Å². The van der Waals surface area contributed by atoms with Crippen molar-refractivity contribution < 1.29 is 17.9 Å². The molecule has 146 valence electrons. The summed E-state index contributed by atoms with van der Waals surface area (Å²) >= 11 is 0. The summed E-state index contributed by atoms with van der Waals surface area (Å²) in [6.07, 6.45) is 8.17. The van der Waals surface area contributed by atoms with Gasteiger partial charge in [-0.25, -0.2) is 8.42 Å². The van der Waals surface area contributed by atoms with Crippen LogP contribution in [0.2, 0.25) is 0 Å². The first-order chi connectivity index (χ1) is 12.4. The Kier molecular flexibility index (Phi) is 7.75. The van der Waals surface area contributed by atoms with Gasteiger partial charge in [0.2, 0.25) is 15.9 Å². The van der Waals surface area contributed by atoms with Crippen LogP contribution in [0.3, 0.4) is 0 Å². The summed E-state index contributed by atoms with van der Waals surface area (Å²) < 4.78 is 30.7. The van der Waals surface area contributed by atoms with Gasteiger partial charge in [-0.3, -0.25) is 9.10 Å². The van der Waals surface area contributed by atoms with Gasteiger partial charge in [0.25, 0.3) is 0 Å². The first-order valence-corrected chi connectivity index (χ1v) is 11.1. The van der Waals surface area contributed by atoms with E-state index in [2.05, 4.69) is 5.32 Å². The SMILES string of the molecule is COc1cccc(N(CCCC(=O)NCC2CCCCC2)S(C)(=O)=O)c1. The lowest BCUT2D eigenvalue weighted by Crippen LogP contribution is -2.33. The highest BCUT2D eigenvalue weighted by atomic mass is 32.2. The van der Waals surface area contributed by atoms with Gasteiger partial charge < -0.3 is 10.1 Å². The first kappa shape index (κ1) is 20.6. The number of carbonyl (C=O) groups excluding carboxylic acids is 1. The van der Waals surface area contributed by atoms with Crippen molar-refractivity contribution in [3.63, 3.8) is 0 Å². The largest absolute Gasteiger partial charge is 0.497 e. The summed E-state index contributed by atoms with van der Waals surface area (Å²) in [5.74, 6) is 1.19. The van der Waals surface area contributed by atoms with Crippen molar-refractivity contribution in [3.8, 4) is 5.75 Å². The first-order valence-electron chi connectivity index (χ1n) is 9.28. The van der Waals surface area contributed by atoms with Crippen molar-refractivity contribution in [1.29, 1.82) is 0 Å². The molecule has 1 fully saturated rings. The standard InChI is InChI=1S/C19H30N2O4S/c1-25-18-11-6-10-17(14-18)21(26(2,23)24)13-7-12-19(22)20-15-16-8-4-3-5-9-16/h6,10-11,14,16H,3-5,7-9,12-13,15H2,1-2H3,(H,20,22). The third-order valence-electron chi connectivity index (χ3n) is 4.82. The topological polar surface area (TPSA) is 75.7 Å². The lowest BCUT2D eigenvalue weighted by atomic mass is 9.89. The molecule has 0 radical (unpaired) electrons. The van der Waals surface area contributed by atoms with Crippen molar-refractivity contribution >= 4 is 21.6 Å².